The van der Waals surface area contributed by atoms with Crippen LogP contribution in [0.2, 0.25) is 0 Å². The first-order valence-electron chi connectivity index (χ1n) is 7.90. The van der Waals surface area contributed by atoms with E-state index in [9.17, 15) is 0 Å². The summed E-state index contributed by atoms with van der Waals surface area (Å²) in [6.45, 7) is 4.30. The lowest BCUT2D eigenvalue weighted by Crippen LogP contribution is -2.16. The molecule has 0 aliphatic heterocycles. The fourth-order valence-electron chi connectivity index (χ4n) is 2.39. The molecule has 0 unspecified atom stereocenters. The van der Waals surface area contributed by atoms with E-state index in [1.807, 2.05) is 31.2 Å². The molecule has 2 aromatic carbocycles. The number of benzene rings is 2. The van der Waals surface area contributed by atoms with Gasteiger partial charge in [-0.05, 0) is 55.3 Å². The Bertz CT molecular complexity index is 613. The first kappa shape index (κ1) is 17.2. The third kappa shape index (κ3) is 5.18. The molecule has 2 aromatic rings. The van der Waals surface area contributed by atoms with Gasteiger partial charge in [-0.1, -0.05) is 18.2 Å². The summed E-state index contributed by atoms with van der Waals surface area (Å²) in [6.07, 6.45) is 0.964. The van der Waals surface area contributed by atoms with Gasteiger partial charge >= 0.3 is 0 Å². The zero-order valence-electron chi connectivity index (χ0n) is 14.1. The first-order valence-corrected chi connectivity index (χ1v) is 7.90. The SMILES string of the molecule is CCOc1cc(CNCCc2cccc(OC)c2)ccc1OC. The maximum Gasteiger partial charge on any atom is 0.161 e. The van der Waals surface area contributed by atoms with Crippen LogP contribution in [0.3, 0.4) is 0 Å². The van der Waals surface area contributed by atoms with Crippen molar-refractivity contribution >= 4 is 0 Å². The van der Waals surface area contributed by atoms with Crippen LogP contribution in [0.1, 0.15) is 18.1 Å². The molecule has 0 spiro atoms. The molecule has 0 bridgehead atoms. The summed E-state index contributed by atoms with van der Waals surface area (Å²) >= 11 is 0. The highest BCUT2D eigenvalue weighted by molar-refractivity contribution is 5.43. The number of rotatable bonds is 9. The smallest absolute Gasteiger partial charge is 0.161 e. The quantitative estimate of drug-likeness (QED) is 0.720. The molecule has 0 saturated carbocycles. The highest BCUT2D eigenvalue weighted by Gasteiger charge is 2.05. The van der Waals surface area contributed by atoms with Gasteiger partial charge in [-0.2, -0.15) is 0 Å². The Hall–Kier alpha value is -2.20. The molecule has 2 rings (SSSR count). The van der Waals surface area contributed by atoms with Gasteiger partial charge in [-0.15, -0.1) is 0 Å². The Labute approximate surface area is 138 Å². The van der Waals surface area contributed by atoms with Crippen LogP contribution < -0.4 is 19.5 Å². The maximum atomic E-state index is 5.60. The summed E-state index contributed by atoms with van der Waals surface area (Å²) in [4.78, 5) is 0. The lowest BCUT2D eigenvalue weighted by atomic mass is 10.1. The van der Waals surface area contributed by atoms with Gasteiger partial charge in [0.1, 0.15) is 5.75 Å². The molecule has 0 aliphatic rings. The van der Waals surface area contributed by atoms with Gasteiger partial charge in [-0.25, -0.2) is 0 Å². The maximum absolute atomic E-state index is 5.60. The first-order chi connectivity index (χ1) is 11.3. The summed E-state index contributed by atoms with van der Waals surface area (Å²) in [5.74, 6) is 2.47. The molecule has 0 fully saturated rings. The normalized spacial score (nSPS) is 10.4. The molecule has 0 saturated heterocycles. The second kappa shape index (κ2) is 9.06. The number of hydrogen-bond donors (Lipinski definition) is 1. The fourth-order valence-corrected chi connectivity index (χ4v) is 2.39. The van der Waals surface area contributed by atoms with Gasteiger partial charge in [0.15, 0.2) is 11.5 Å². The molecule has 124 valence electrons. The van der Waals surface area contributed by atoms with Crippen LogP contribution in [0.5, 0.6) is 17.2 Å². The van der Waals surface area contributed by atoms with Gasteiger partial charge in [0.2, 0.25) is 0 Å². The molecule has 0 atom stereocenters. The second-order valence-electron chi connectivity index (χ2n) is 5.20. The Balaban J connectivity index is 1.84. The minimum atomic E-state index is 0.628. The minimum Gasteiger partial charge on any atom is -0.497 e. The Kier molecular flexibility index (Phi) is 6.76. The fraction of sp³-hybridized carbons (Fsp3) is 0.368. The van der Waals surface area contributed by atoms with Gasteiger partial charge in [0.25, 0.3) is 0 Å². The zero-order valence-corrected chi connectivity index (χ0v) is 14.1. The van der Waals surface area contributed by atoms with E-state index < -0.39 is 0 Å². The van der Waals surface area contributed by atoms with Gasteiger partial charge in [-0.3, -0.25) is 0 Å². The van der Waals surface area contributed by atoms with E-state index in [2.05, 4.69) is 23.5 Å². The number of methoxy groups -OCH3 is 2. The van der Waals surface area contributed by atoms with Crippen molar-refractivity contribution in [3.05, 3.63) is 53.6 Å². The van der Waals surface area contributed by atoms with Crippen molar-refractivity contribution in [2.45, 2.75) is 19.9 Å². The van der Waals surface area contributed by atoms with Crippen molar-refractivity contribution in [3.63, 3.8) is 0 Å². The average molecular weight is 315 g/mol. The topological polar surface area (TPSA) is 39.7 Å². The van der Waals surface area contributed by atoms with Crippen LogP contribution in [0.4, 0.5) is 0 Å². The predicted octanol–water partition coefficient (Wildman–Crippen LogP) is 3.43. The molecule has 0 heterocycles. The van der Waals surface area contributed by atoms with Crippen LogP contribution in [-0.2, 0) is 13.0 Å². The van der Waals surface area contributed by atoms with Crippen molar-refractivity contribution in [1.29, 1.82) is 0 Å². The largest absolute Gasteiger partial charge is 0.497 e. The Morgan fingerprint density at radius 1 is 0.913 bits per heavy atom. The lowest BCUT2D eigenvalue weighted by molar-refractivity contribution is 0.310. The molecule has 23 heavy (non-hydrogen) atoms. The van der Waals surface area contributed by atoms with Crippen molar-refractivity contribution in [3.8, 4) is 17.2 Å². The Morgan fingerprint density at radius 2 is 1.78 bits per heavy atom. The van der Waals surface area contributed by atoms with E-state index in [1.165, 1.54) is 11.1 Å². The summed E-state index contributed by atoms with van der Waals surface area (Å²) in [5.41, 5.74) is 2.45. The second-order valence-corrected chi connectivity index (χ2v) is 5.20. The van der Waals surface area contributed by atoms with Crippen molar-refractivity contribution < 1.29 is 14.2 Å². The molecule has 0 amide bonds. The van der Waals surface area contributed by atoms with Crippen LogP contribution in [0, 0.1) is 0 Å². The lowest BCUT2D eigenvalue weighted by Gasteiger charge is -2.12. The molecule has 0 aromatic heterocycles. The minimum absolute atomic E-state index is 0.628. The summed E-state index contributed by atoms with van der Waals surface area (Å²) in [6, 6.07) is 14.2. The standard InChI is InChI=1S/C19H25NO3/c1-4-23-19-13-16(8-9-18(19)22-3)14-20-11-10-15-6-5-7-17(12-15)21-2/h5-9,12-13,20H,4,10-11,14H2,1-3H3. The van der Waals surface area contributed by atoms with E-state index in [1.54, 1.807) is 14.2 Å². The van der Waals surface area contributed by atoms with E-state index >= 15 is 0 Å². The van der Waals surface area contributed by atoms with Crippen molar-refractivity contribution in [2.75, 3.05) is 27.4 Å². The number of hydrogen-bond acceptors (Lipinski definition) is 4. The third-order valence-corrected chi connectivity index (χ3v) is 3.58. The molecule has 4 nitrogen and oxygen atoms in total. The van der Waals surface area contributed by atoms with Crippen molar-refractivity contribution in [1.82, 2.24) is 5.32 Å². The number of ether oxygens (including phenoxy) is 3. The van der Waals surface area contributed by atoms with Crippen molar-refractivity contribution in [2.24, 2.45) is 0 Å². The van der Waals surface area contributed by atoms with E-state index in [0.29, 0.717) is 6.61 Å². The van der Waals surface area contributed by atoms with Gasteiger partial charge in [0, 0.05) is 6.54 Å². The third-order valence-electron chi connectivity index (χ3n) is 3.58. The van der Waals surface area contributed by atoms with Crippen LogP contribution in [-0.4, -0.2) is 27.4 Å². The average Bonchev–Trinajstić information content (AvgIpc) is 2.59. The van der Waals surface area contributed by atoms with E-state index in [-0.39, 0.29) is 0 Å². The highest BCUT2D eigenvalue weighted by Crippen LogP contribution is 2.27. The van der Waals surface area contributed by atoms with Gasteiger partial charge in [0.05, 0.1) is 20.8 Å². The monoisotopic (exact) mass is 315 g/mol. The highest BCUT2D eigenvalue weighted by atomic mass is 16.5. The van der Waals surface area contributed by atoms with Crippen LogP contribution >= 0.6 is 0 Å². The Morgan fingerprint density at radius 3 is 2.52 bits per heavy atom. The zero-order chi connectivity index (χ0) is 16.5. The molecule has 0 aliphatic carbocycles. The van der Waals surface area contributed by atoms with Gasteiger partial charge < -0.3 is 19.5 Å². The van der Waals surface area contributed by atoms with Crippen LogP contribution in [0.15, 0.2) is 42.5 Å². The van der Waals surface area contributed by atoms with E-state index in [0.717, 1.165) is 36.8 Å². The molecular formula is C19H25NO3. The summed E-state index contributed by atoms with van der Waals surface area (Å²) in [5, 5.41) is 3.46. The summed E-state index contributed by atoms with van der Waals surface area (Å²) < 4.78 is 16.1. The van der Waals surface area contributed by atoms with Crippen LogP contribution in [0.25, 0.3) is 0 Å². The number of nitrogens with one attached hydrogen (secondary N) is 1. The summed E-state index contributed by atoms with van der Waals surface area (Å²) in [7, 11) is 3.35. The molecule has 0 radical (unpaired) electrons. The van der Waals surface area contributed by atoms with E-state index in [4.69, 9.17) is 14.2 Å². The molecule has 4 heteroatoms. The predicted molar refractivity (Wildman–Crippen MR) is 92.6 cm³/mol. The molecule has 1 N–H and O–H groups in total. The molecular weight excluding hydrogens is 290 g/mol.